The number of carbonyl (C=O) groups excluding carboxylic acids is 1. The van der Waals surface area contributed by atoms with Crippen LogP contribution in [0, 0.1) is 0 Å². The van der Waals surface area contributed by atoms with Crippen LogP contribution in [0.15, 0.2) is 85.2 Å². The van der Waals surface area contributed by atoms with Gasteiger partial charge in [-0.3, -0.25) is 9.69 Å². The molecule has 1 heterocycles. The molecule has 0 aliphatic carbocycles. The number of nitrogens with one attached hydrogen (secondary N) is 1. The largest absolute Gasteiger partial charge is 0.457 e. The Bertz CT molecular complexity index is 1250. The summed E-state index contributed by atoms with van der Waals surface area (Å²) in [6, 6.07) is 24.6. The molecule has 1 amide bonds. The summed E-state index contributed by atoms with van der Waals surface area (Å²) in [5.41, 5.74) is 9.10. The summed E-state index contributed by atoms with van der Waals surface area (Å²) in [5, 5.41) is 3.07. The second-order valence-electron chi connectivity index (χ2n) is 7.88. The SMILES string of the molecule is CC.CCC.CNc1cccc(N(C=O)c2ncnc(N)c2N(C)c2ccc(Oc3ccccc3)cc2)c1. The van der Waals surface area contributed by atoms with Gasteiger partial charge < -0.3 is 20.7 Å². The van der Waals surface area contributed by atoms with Crippen molar-refractivity contribution in [2.45, 2.75) is 34.1 Å². The van der Waals surface area contributed by atoms with E-state index in [1.54, 1.807) is 0 Å². The lowest BCUT2D eigenvalue weighted by Gasteiger charge is -2.27. The summed E-state index contributed by atoms with van der Waals surface area (Å²) in [5.74, 6) is 2.09. The maximum Gasteiger partial charge on any atom is 0.219 e. The van der Waals surface area contributed by atoms with Crippen LogP contribution in [0.5, 0.6) is 11.5 Å². The normalized spacial score (nSPS) is 9.63. The highest BCUT2D eigenvalue weighted by molar-refractivity contribution is 5.94. The fraction of sp³-hybridized carbons (Fsp3) is 0.233. The predicted octanol–water partition coefficient (Wildman–Crippen LogP) is 7.40. The molecule has 38 heavy (non-hydrogen) atoms. The first-order valence-electron chi connectivity index (χ1n) is 12.7. The van der Waals surface area contributed by atoms with Crippen LogP contribution >= 0.6 is 0 Å². The fourth-order valence-electron chi connectivity index (χ4n) is 3.42. The summed E-state index contributed by atoms with van der Waals surface area (Å²) in [6.45, 7) is 8.25. The summed E-state index contributed by atoms with van der Waals surface area (Å²) in [7, 11) is 3.66. The van der Waals surface area contributed by atoms with Gasteiger partial charge in [0.2, 0.25) is 6.41 Å². The van der Waals surface area contributed by atoms with E-state index in [4.69, 9.17) is 10.5 Å². The van der Waals surface area contributed by atoms with E-state index in [2.05, 4.69) is 29.1 Å². The Labute approximate surface area is 226 Å². The molecular weight excluding hydrogens is 476 g/mol. The van der Waals surface area contributed by atoms with Crippen LogP contribution in [-0.4, -0.2) is 30.5 Å². The van der Waals surface area contributed by atoms with Crippen molar-refractivity contribution in [1.82, 2.24) is 9.97 Å². The number of nitrogens with two attached hydrogens (primary N) is 1. The maximum atomic E-state index is 12.1. The molecule has 0 bridgehead atoms. The molecule has 4 aromatic rings. The van der Waals surface area contributed by atoms with Crippen molar-refractivity contribution in [2.75, 3.05) is 34.9 Å². The maximum absolute atomic E-state index is 12.1. The van der Waals surface area contributed by atoms with Crippen LogP contribution in [0.3, 0.4) is 0 Å². The molecule has 0 fully saturated rings. The van der Waals surface area contributed by atoms with Gasteiger partial charge in [-0.25, -0.2) is 9.97 Å². The molecule has 0 saturated heterocycles. The molecule has 8 nitrogen and oxygen atoms in total. The van der Waals surface area contributed by atoms with E-state index in [0.717, 1.165) is 17.1 Å². The first kappa shape index (κ1) is 29.6. The van der Waals surface area contributed by atoms with E-state index >= 15 is 0 Å². The molecule has 0 aliphatic heterocycles. The Hall–Kier alpha value is -4.59. The quantitative estimate of drug-likeness (QED) is 0.236. The number of nitrogens with zero attached hydrogens (tertiary/aromatic N) is 4. The molecule has 8 heteroatoms. The van der Waals surface area contributed by atoms with Gasteiger partial charge in [0.05, 0.1) is 5.69 Å². The van der Waals surface area contributed by atoms with E-state index in [1.807, 2.05) is 112 Å². The third kappa shape index (κ3) is 7.70. The first-order valence-corrected chi connectivity index (χ1v) is 12.7. The Morgan fingerprint density at radius 2 is 1.53 bits per heavy atom. The zero-order valence-corrected chi connectivity index (χ0v) is 23.1. The predicted molar refractivity (Wildman–Crippen MR) is 159 cm³/mol. The lowest BCUT2D eigenvalue weighted by atomic mass is 10.2. The van der Waals surface area contributed by atoms with Gasteiger partial charge in [0.1, 0.15) is 23.5 Å². The van der Waals surface area contributed by atoms with Crippen LogP contribution in [0.4, 0.5) is 34.4 Å². The van der Waals surface area contributed by atoms with E-state index in [9.17, 15) is 4.79 Å². The van der Waals surface area contributed by atoms with Crippen molar-refractivity contribution in [2.24, 2.45) is 0 Å². The minimum absolute atomic E-state index is 0.253. The Balaban J connectivity index is 0.000000947. The monoisotopic (exact) mass is 514 g/mol. The topological polar surface area (TPSA) is 96.6 Å². The van der Waals surface area contributed by atoms with Gasteiger partial charge in [-0.1, -0.05) is 58.4 Å². The molecule has 4 rings (SSSR count). The highest BCUT2D eigenvalue weighted by atomic mass is 16.5. The molecule has 0 aliphatic rings. The molecule has 1 aromatic heterocycles. The number of hydrogen-bond acceptors (Lipinski definition) is 7. The van der Waals surface area contributed by atoms with E-state index in [1.165, 1.54) is 17.6 Å². The van der Waals surface area contributed by atoms with Crippen molar-refractivity contribution >= 4 is 40.8 Å². The van der Waals surface area contributed by atoms with Crippen molar-refractivity contribution in [1.29, 1.82) is 0 Å². The van der Waals surface area contributed by atoms with Gasteiger partial charge in [-0.05, 0) is 54.6 Å². The Kier molecular flexibility index (Phi) is 12.1. The average molecular weight is 515 g/mol. The third-order valence-electron chi connectivity index (χ3n) is 5.12. The molecule has 0 radical (unpaired) electrons. The number of para-hydroxylation sites is 1. The number of rotatable bonds is 8. The van der Waals surface area contributed by atoms with Crippen LogP contribution in [0.2, 0.25) is 0 Å². The molecular formula is C30H38N6O2. The fourth-order valence-corrected chi connectivity index (χ4v) is 3.42. The Morgan fingerprint density at radius 1 is 0.895 bits per heavy atom. The first-order chi connectivity index (χ1) is 18.5. The third-order valence-corrected chi connectivity index (χ3v) is 5.12. The molecule has 3 aromatic carbocycles. The number of anilines is 6. The number of benzene rings is 3. The zero-order valence-electron chi connectivity index (χ0n) is 23.1. The van der Waals surface area contributed by atoms with Gasteiger partial charge in [-0.15, -0.1) is 0 Å². The molecule has 3 N–H and O–H groups in total. The lowest BCUT2D eigenvalue weighted by molar-refractivity contribution is -0.106. The molecule has 200 valence electrons. The van der Waals surface area contributed by atoms with Crippen molar-refractivity contribution in [3.05, 3.63) is 85.2 Å². The molecule has 0 unspecified atom stereocenters. The summed E-state index contributed by atoms with van der Waals surface area (Å²) in [4.78, 5) is 23.9. The standard InChI is InChI=1S/C25H24N6O2.C3H8.C2H6/c1-27-18-7-6-8-20(15-18)31(17-32)25-23(24(26)28-16-29-25)30(2)19-11-13-22(14-12-19)33-21-9-4-3-5-10-21;1-3-2;1-2/h3-17,27H,1-2H3,(H2,26,28,29);3H2,1-2H3;1-2H3. The van der Waals surface area contributed by atoms with Crippen molar-refractivity contribution in [3.63, 3.8) is 0 Å². The van der Waals surface area contributed by atoms with E-state index in [-0.39, 0.29) is 5.82 Å². The molecule has 0 saturated carbocycles. The summed E-state index contributed by atoms with van der Waals surface area (Å²) >= 11 is 0. The molecule has 0 atom stereocenters. The van der Waals surface area contributed by atoms with Crippen molar-refractivity contribution in [3.8, 4) is 11.5 Å². The van der Waals surface area contributed by atoms with Gasteiger partial charge in [-0.2, -0.15) is 0 Å². The lowest BCUT2D eigenvalue weighted by Crippen LogP contribution is -2.22. The minimum atomic E-state index is 0.253. The highest BCUT2D eigenvalue weighted by Crippen LogP contribution is 2.38. The number of hydrogen-bond donors (Lipinski definition) is 2. The summed E-state index contributed by atoms with van der Waals surface area (Å²) < 4.78 is 5.87. The van der Waals surface area contributed by atoms with Crippen LogP contribution in [0.25, 0.3) is 0 Å². The number of ether oxygens (including phenoxy) is 1. The second-order valence-corrected chi connectivity index (χ2v) is 7.88. The minimum Gasteiger partial charge on any atom is -0.457 e. The number of carbonyl (C=O) groups is 1. The number of aromatic nitrogens is 2. The zero-order chi connectivity index (χ0) is 27.9. The van der Waals surface area contributed by atoms with Gasteiger partial charge in [0, 0.05) is 25.5 Å². The smallest absolute Gasteiger partial charge is 0.219 e. The van der Waals surface area contributed by atoms with Crippen LogP contribution in [0.1, 0.15) is 34.1 Å². The van der Waals surface area contributed by atoms with E-state index < -0.39 is 0 Å². The van der Waals surface area contributed by atoms with Crippen LogP contribution < -0.4 is 25.6 Å². The van der Waals surface area contributed by atoms with Gasteiger partial charge in [0.25, 0.3) is 0 Å². The Morgan fingerprint density at radius 3 is 2.13 bits per heavy atom. The number of amides is 1. The van der Waals surface area contributed by atoms with Gasteiger partial charge in [0.15, 0.2) is 11.6 Å². The summed E-state index contributed by atoms with van der Waals surface area (Å²) in [6.07, 6.45) is 3.31. The highest BCUT2D eigenvalue weighted by Gasteiger charge is 2.22. The average Bonchev–Trinajstić information content (AvgIpc) is 2.96. The second kappa shape index (κ2) is 15.5. The number of nitrogen functional groups attached to an aromatic ring is 1. The van der Waals surface area contributed by atoms with E-state index in [0.29, 0.717) is 29.4 Å². The molecule has 0 spiro atoms. The van der Waals surface area contributed by atoms with Crippen molar-refractivity contribution < 1.29 is 9.53 Å². The van der Waals surface area contributed by atoms with Gasteiger partial charge >= 0.3 is 0 Å². The van der Waals surface area contributed by atoms with Crippen LogP contribution in [-0.2, 0) is 4.79 Å².